The van der Waals surface area contributed by atoms with Crippen molar-refractivity contribution in [1.82, 2.24) is 10.2 Å². The maximum absolute atomic E-state index is 12.3. The molecule has 4 heteroatoms. The summed E-state index contributed by atoms with van der Waals surface area (Å²) in [6, 6.07) is 11.4. The van der Waals surface area contributed by atoms with Crippen molar-refractivity contribution in [3.05, 3.63) is 35.9 Å². The van der Waals surface area contributed by atoms with E-state index in [9.17, 15) is 4.79 Å². The molecule has 0 unspecified atom stereocenters. The number of ether oxygens (including phenoxy) is 1. The molecule has 1 N–H and O–H groups in total. The Morgan fingerprint density at radius 2 is 1.96 bits per heavy atom. The lowest BCUT2D eigenvalue weighted by Gasteiger charge is -2.38. The second-order valence-corrected chi connectivity index (χ2v) is 8.30. The highest BCUT2D eigenvalue weighted by molar-refractivity contribution is 5.77. The predicted molar refractivity (Wildman–Crippen MR) is 105 cm³/mol. The molecule has 1 aliphatic carbocycles. The van der Waals surface area contributed by atoms with Crippen LogP contribution in [0, 0.1) is 5.92 Å². The van der Waals surface area contributed by atoms with Gasteiger partial charge in [0.1, 0.15) is 6.61 Å². The molecule has 26 heavy (non-hydrogen) atoms. The van der Waals surface area contributed by atoms with E-state index in [1.54, 1.807) is 0 Å². The predicted octanol–water partition coefficient (Wildman–Crippen LogP) is 3.75. The van der Waals surface area contributed by atoms with Crippen LogP contribution in [-0.2, 0) is 16.1 Å². The SMILES string of the molecule is C[C@@H]1CCC[C@H](OCC(=O)N[C@H]2CCN(Cc3ccccc3)[C@@H](C)C2)C1. The Labute approximate surface area is 158 Å². The number of piperidine rings is 1. The number of benzene rings is 1. The van der Waals surface area contributed by atoms with Crippen molar-refractivity contribution in [2.24, 2.45) is 5.92 Å². The topological polar surface area (TPSA) is 41.6 Å². The van der Waals surface area contributed by atoms with Gasteiger partial charge in [0.2, 0.25) is 5.91 Å². The molecule has 1 aromatic rings. The zero-order valence-corrected chi connectivity index (χ0v) is 16.3. The van der Waals surface area contributed by atoms with Crippen molar-refractivity contribution in [2.75, 3.05) is 13.2 Å². The number of rotatable bonds is 6. The van der Waals surface area contributed by atoms with Crippen LogP contribution in [0.5, 0.6) is 0 Å². The van der Waals surface area contributed by atoms with Gasteiger partial charge in [-0.25, -0.2) is 0 Å². The highest BCUT2D eigenvalue weighted by atomic mass is 16.5. The fourth-order valence-electron chi connectivity index (χ4n) is 4.40. The largest absolute Gasteiger partial charge is 0.368 e. The molecular weight excluding hydrogens is 324 g/mol. The van der Waals surface area contributed by atoms with Crippen molar-refractivity contribution in [3.63, 3.8) is 0 Å². The summed E-state index contributed by atoms with van der Waals surface area (Å²) in [4.78, 5) is 14.8. The summed E-state index contributed by atoms with van der Waals surface area (Å²) < 4.78 is 5.86. The molecule has 0 bridgehead atoms. The first-order chi connectivity index (χ1) is 12.6. The average Bonchev–Trinajstić information content (AvgIpc) is 2.63. The zero-order valence-electron chi connectivity index (χ0n) is 16.3. The molecular formula is C22H34N2O2. The van der Waals surface area contributed by atoms with Gasteiger partial charge in [-0.3, -0.25) is 9.69 Å². The van der Waals surface area contributed by atoms with E-state index >= 15 is 0 Å². The van der Waals surface area contributed by atoms with Gasteiger partial charge in [-0.2, -0.15) is 0 Å². The number of nitrogens with zero attached hydrogens (tertiary/aromatic N) is 1. The number of carbonyl (C=O) groups is 1. The van der Waals surface area contributed by atoms with Gasteiger partial charge in [-0.05, 0) is 44.1 Å². The Morgan fingerprint density at radius 1 is 1.15 bits per heavy atom. The van der Waals surface area contributed by atoms with E-state index in [0.717, 1.165) is 44.7 Å². The van der Waals surface area contributed by atoms with Gasteiger partial charge in [-0.1, -0.05) is 50.1 Å². The summed E-state index contributed by atoms with van der Waals surface area (Å²) >= 11 is 0. The number of hydrogen-bond donors (Lipinski definition) is 1. The van der Waals surface area contributed by atoms with Crippen molar-refractivity contribution >= 4 is 5.91 Å². The highest BCUT2D eigenvalue weighted by Gasteiger charge is 2.27. The molecule has 0 radical (unpaired) electrons. The number of hydrogen-bond acceptors (Lipinski definition) is 3. The van der Waals surface area contributed by atoms with Crippen LogP contribution in [0.4, 0.5) is 0 Å². The van der Waals surface area contributed by atoms with Crippen LogP contribution in [0.3, 0.4) is 0 Å². The molecule has 1 heterocycles. The van der Waals surface area contributed by atoms with E-state index in [4.69, 9.17) is 4.74 Å². The van der Waals surface area contributed by atoms with Crippen molar-refractivity contribution < 1.29 is 9.53 Å². The molecule has 0 spiro atoms. The monoisotopic (exact) mass is 358 g/mol. The molecule has 0 aromatic heterocycles. The smallest absolute Gasteiger partial charge is 0.246 e. The summed E-state index contributed by atoms with van der Waals surface area (Å²) in [6.45, 7) is 6.78. The minimum Gasteiger partial charge on any atom is -0.368 e. The third kappa shape index (κ3) is 5.82. The molecule has 1 aromatic carbocycles. The quantitative estimate of drug-likeness (QED) is 0.842. The first-order valence-electron chi connectivity index (χ1n) is 10.3. The maximum Gasteiger partial charge on any atom is 0.246 e. The van der Waals surface area contributed by atoms with Crippen LogP contribution < -0.4 is 5.32 Å². The Kier molecular flexibility index (Phi) is 7.09. The number of carbonyl (C=O) groups excluding carboxylic acids is 1. The number of amides is 1. The normalized spacial score (nSPS) is 30.1. The molecule has 4 nitrogen and oxygen atoms in total. The van der Waals surface area contributed by atoms with Gasteiger partial charge in [0.15, 0.2) is 0 Å². The number of likely N-dealkylation sites (tertiary alicyclic amines) is 1. The lowest BCUT2D eigenvalue weighted by atomic mass is 9.89. The Bertz CT molecular complexity index is 563. The molecule has 1 aliphatic heterocycles. The molecule has 144 valence electrons. The Balaban J connectivity index is 1.37. The fourth-order valence-corrected chi connectivity index (χ4v) is 4.40. The molecule has 3 rings (SSSR count). The fraction of sp³-hybridized carbons (Fsp3) is 0.682. The third-order valence-electron chi connectivity index (χ3n) is 5.95. The zero-order chi connectivity index (χ0) is 18.4. The van der Waals surface area contributed by atoms with Crippen molar-refractivity contribution in [1.29, 1.82) is 0 Å². The van der Waals surface area contributed by atoms with Gasteiger partial charge >= 0.3 is 0 Å². The van der Waals surface area contributed by atoms with Crippen molar-refractivity contribution in [2.45, 2.75) is 77.1 Å². The van der Waals surface area contributed by atoms with E-state index in [-0.39, 0.29) is 24.7 Å². The van der Waals surface area contributed by atoms with E-state index in [1.165, 1.54) is 18.4 Å². The molecule has 2 fully saturated rings. The maximum atomic E-state index is 12.3. The minimum atomic E-state index is 0.0527. The standard InChI is InChI=1S/C22H34N2O2/c1-17-7-6-10-21(13-17)26-16-22(25)23-20-11-12-24(18(2)14-20)15-19-8-4-3-5-9-19/h3-5,8-9,17-18,20-21H,6-7,10-16H2,1-2H3,(H,23,25)/t17-,18+,20+,21+/m1/s1. The number of nitrogens with one attached hydrogen (secondary N) is 1. The van der Waals surface area contributed by atoms with Gasteiger partial charge in [0.25, 0.3) is 0 Å². The van der Waals surface area contributed by atoms with E-state index in [2.05, 4.69) is 54.4 Å². The second-order valence-electron chi connectivity index (χ2n) is 8.30. The summed E-state index contributed by atoms with van der Waals surface area (Å²) in [7, 11) is 0. The lowest BCUT2D eigenvalue weighted by Crippen LogP contribution is -2.49. The van der Waals surface area contributed by atoms with Crippen LogP contribution in [0.1, 0.15) is 57.9 Å². The van der Waals surface area contributed by atoms with E-state index in [0.29, 0.717) is 6.04 Å². The van der Waals surface area contributed by atoms with Gasteiger partial charge in [-0.15, -0.1) is 0 Å². The first-order valence-corrected chi connectivity index (χ1v) is 10.3. The minimum absolute atomic E-state index is 0.0527. The molecule has 2 aliphatic rings. The Hall–Kier alpha value is -1.39. The van der Waals surface area contributed by atoms with Crippen molar-refractivity contribution in [3.8, 4) is 0 Å². The molecule has 1 saturated carbocycles. The summed E-state index contributed by atoms with van der Waals surface area (Å²) in [5, 5.41) is 3.19. The van der Waals surface area contributed by atoms with Crippen LogP contribution in [0.25, 0.3) is 0 Å². The molecule has 1 saturated heterocycles. The van der Waals surface area contributed by atoms with E-state index < -0.39 is 0 Å². The summed E-state index contributed by atoms with van der Waals surface area (Å²) in [6.07, 6.45) is 7.03. The van der Waals surface area contributed by atoms with Crippen LogP contribution >= 0.6 is 0 Å². The first kappa shape index (κ1) is 19.4. The van der Waals surface area contributed by atoms with Crippen LogP contribution in [0.2, 0.25) is 0 Å². The lowest BCUT2D eigenvalue weighted by molar-refractivity contribution is -0.129. The van der Waals surface area contributed by atoms with Gasteiger partial charge in [0, 0.05) is 25.2 Å². The third-order valence-corrected chi connectivity index (χ3v) is 5.95. The Morgan fingerprint density at radius 3 is 2.69 bits per heavy atom. The second kappa shape index (κ2) is 9.52. The molecule has 1 amide bonds. The average molecular weight is 359 g/mol. The molecule has 4 atom stereocenters. The van der Waals surface area contributed by atoms with E-state index in [1.807, 2.05) is 0 Å². The van der Waals surface area contributed by atoms with Crippen LogP contribution in [-0.4, -0.2) is 42.1 Å². The van der Waals surface area contributed by atoms with Crippen LogP contribution in [0.15, 0.2) is 30.3 Å². The summed E-state index contributed by atoms with van der Waals surface area (Å²) in [5.41, 5.74) is 1.36. The van der Waals surface area contributed by atoms with Gasteiger partial charge < -0.3 is 10.1 Å². The summed E-state index contributed by atoms with van der Waals surface area (Å²) in [5.74, 6) is 0.781. The van der Waals surface area contributed by atoms with Gasteiger partial charge in [0.05, 0.1) is 6.10 Å². The highest BCUT2D eigenvalue weighted by Crippen LogP contribution is 2.25.